The van der Waals surface area contributed by atoms with Crippen molar-refractivity contribution < 1.29 is 14.2 Å². The summed E-state index contributed by atoms with van der Waals surface area (Å²) in [6.45, 7) is 2.02. The van der Waals surface area contributed by atoms with Crippen molar-refractivity contribution in [3.63, 3.8) is 0 Å². The van der Waals surface area contributed by atoms with E-state index in [1.54, 1.807) is 11.3 Å². The van der Waals surface area contributed by atoms with Gasteiger partial charge in [-0.15, -0.1) is 11.3 Å². The molecule has 1 aliphatic heterocycles. The van der Waals surface area contributed by atoms with Gasteiger partial charge in [0.05, 0.1) is 6.54 Å². The summed E-state index contributed by atoms with van der Waals surface area (Å²) < 4.78 is 16.2. The fourth-order valence-corrected chi connectivity index (χ4v) is 2.81. The van der Waals surface area contributed by atoms with E-state index >= 15 is 0 Å². The predicted molar refractivity (Wildman–Crippen MR) is 90.6 cm³/mol. The van der Waals surface area contributed by atoms with Crippen LogP contribution in [0.25, 0.3) is 0 Å². The number of hydrogen-bond donors (Lipinski definition) is 2. The number of nitrogens with two attached hydrogens (primary N) is 1. The molecule has 0 saturated heterocycles. The van der Waals surface area contributed by atoms with Gasteiger partial charge >= 0.3 is 0 Å². The Kier molecular flexibility index (Phi) is 5.21. The standard InChI is InChI=1S/C16H19N3O3S/c17-16(18-6-5-13-2-1-9-23-13)19-7-8-20-12-3-4-14-15(10-12)22-11-21-14/h1-4,9-10H,5-8,11H2,(H3,17,18,19). The quantitative estimate of drug-likeness (QED) is 0.460. The molecular weight excluding hydrogens is 314 g/mol. The van der Waals surface area contributed by atoms with Gasteiger partial charge in [-0.05, 0) is 23.6 Å². The third kappa shape index (κ3) is 4.53. The van der Waals surface area contributed by atoms with E-state index in [9.17, 15) is 0 Å². The average molecular weight is 333 g/mol. The van der Waals surface area contributed by atoms with Gasteiger partial charge in [-0.3, -0.25) is 4.99 Å². The number of hydrogen-bond acceptors (Lipinski definition) is 5. The van der Waals surface area contributed by atoms with Crippen molar-refractivity contribution >= 4 is 17.3 Å². The van der Waals surface area contributed by atoms with Gasteiger partial charge in [0, 0.05) is 23.9 Å². The second kappa shape index (κ2) is 7.73. The van der Waals surface area contributed by atoms with Gasteiger partial charge in [0.15, 0.2) is 17.5 Å². The Morgan fingerprint density at radius 3 is 3.09 bits per heavy atom. The molecule has 0 saturated carbocycles. The average Bonchev–Trinajstić information content (AvgIpc) is 3.22. The van der Waals surface area contributed by atoms with Crippen molar-refractivity contribution in [2.75, 3.05) is 26.5 Å². The summed E-state index contributed by atoms with van der Waals surface area (Å²) in [5, 5.41) is 5.10. The molecule has 0 fully saturated rings. The van der Waals surface area contributed by atoms with Crippen LogP contribution in [0.5, 0.6) is 17.2 Å². The van der Waals surface area contributed by atoms with Crippen LogP contribution in [0.3, 0.4) is 0 Å². The van der Waals surface area contributed by atoms with Crippen LogP contribution in [0.15, 0.2) is 40.7 Å². The van der Waals surface area contributed by atoms with Crippen LogP contribution in [0.4, 0.5) is 0 Å². The summed E-state index contributed by atoms with van der Waals surface area (Å²) in [6.07, 6.45) is 0.910. The summed E-state index contributed by atoms with van der Waals surface area (Å²) in [4.78, 5) is 5.60. The predicted octanol–water partition coefficient (Wildman–Crippen LogP) is 2.00. The Labute approximate surface area is 138 Å². The molecule has 0 unspecified atom stereocenters. The monoisotopic (exact) mass is 333 g/mol. The lowest BCUT2D eigenvalue weighted by Crippen LogP contribution is -2.34. The number of thiophene rings is 1. The number of nitrogens with zero attached hydrogens (tertiary/aromatic N) is 1. The lowest BCUT2D eigenvalue weighted by molar-refractivity contribution is 0.173. The minimum absolute atomic E-state index is 0.263. The molecule has 0 spiro atoms. The Morgan fingerprint density at radius 1 is 1.30 bits per heavy atom. The third-order valence-electron chi connectivity index (χ3n) is 3.24. The van der Waals surface area contributed by atoms with Crippen LogP contribution in [0, 0.1) is 0 Å². The molecule has 7 heteroatoms. The Balaban J connectivity index is 1.34. The summed E-state index contributed by atoms with van der Waals surface area (Å²) in [7, 11) is 0. The van der Waals surface area contributed by atoms with Crippen LogP contribution in [0.1, 0.15) is 4.88 Å². The van der Waals surface area contributed by atoms with Gasteiger partial charge < -0.3 is 25.3 Å². The van der Waals surface area contributed by atoms with Crippen LogP contribution in [-0.2, 0) is 6.42 Å². The highest BCUT2D eigenvalue weighted by Crippen LogP contribution is 2.34. The lowest BCUT2D eigenvalue weighted by atomic mass is 10.3. The van der Waals surface area contributed by atoms with Gasteiger partial charge in [0.2, 0.25) is 6.79 Å². The van der Waals surface area contributed by atoms with Crippen molar-refractivity contribution in [3.05, 3.63) is 40.6 Å². The number of guanidine groups is 1. The third-order valence-corrected chi connectivity index (χ3v) is 4.18. The number of nitrogens with one attached hydrogen (secondary N) is 1. The molecule has 2 heterocycles. The topological polar surface area (TPSA) is 78.1 Å². The van der Waals surface area contributed by atoms with E-state index in [4.69, 9.17) is 19.9 Å². The van der Waals surface area contributed by atoms with E-state index in [-0.39, 0.29) is 6.79 Å². The molecule has 0 amide bonds. The molecule has 1 aromatic carbocycles. The number of ether oxygens (including phenoxy) is 3. The number of benzene rings is 1. The van der Waals surface area contributed by atoms with Crippen LogP contribution in [0.2, 0.25) is 0 Å². The molecule has 1 aliphatic rings. The molecular formula is C16H19N3O3S. The zero-order valence-electron chi connectivity index (χ0n) is 12.7. The fraction of sp³-hybridized carbons (Fsp3) is 0.312. The van der Waals surface area contributed by atoms with Crippen molar-refractivity contribution in [2.45, 2.75) is 6.42 Å². The van der Waals surface area contributed by atoms with Crippen molar-refractivity contribution in [1.29, 1.82) is 0 Å². The molecule has 122 valence electrons. The molecule has 23 heavy (non-hydrogen) atoms. The maximum Gasteiger partial charge on any atom is 0.231 e. The Hall–Kier alpha value is -2.41. The van der Waals surface area contributed by atoms with Gasteiger partial charge in [-0.1, -0.05) is 6.07 Å². The first kappa shape index (κ1) is 15.5. The van der Waals surface area contributed by atoms with Crippen molar-refractivity contribution in [1.82, 2.24) is 5.32 Å². The second-order valence-electron chi connectivity index (χ2n) is 4.89. The molecule has 1 aromatic heterocycles. The highest BCUT2D eigenvalue weighted by Gasteiger charge is 2.13. The first-order valence-corrected chi connectivity index (χ1v) is 8.28. The SMILES string of the molecule is NC(=NCCc1cccs1)NCCOc1ccc2c(c1)OCO2. The maximum absolute atomic E-state index is 5.82. The molecule has 0 atom stereocenters. The number of rotatable bonds is 7. The molecule has 2 aromatic rings. The zero-order chi connectivity index (χ0) is 15.9. The summed E-state index contributed by atoms with van der Waals surface area (Å²) in [6, 6.07) is 9.65. The van der Waals surface area contributed by atoms with Crippen molar-refractivity contribution in [2.24, 2.45) is 10.7 Å². The van der Waals surface area contributed by atoms with E-state index in [1.165, 1.54) is 4.88 Å². The number of aliphatic imine (C=N–C) groups is 1. The van der Waals surface area contributed by atoms with Crippen molar-refractivity contribution in [3.8, 4) is 17.2 Å². The van der Waals surface area contributed by atoms with E-state index in [0.717, 1.165) is 17.9 Å². The first-order chi connectivity index (χ1) is 11.3. The molecule has 0 radical (unpaired) electrons. The zero-order valence-corrected chi connectivity index (χ0v) is 13.5. The molecule has 3 rings (SSSR count). The van der Waals surface area contributed by atoms with E-state index in [2.05, 4.69) is 21.8 Å². The molecule has 6 nitrogen and oxygen atoms in total. The van der Waals surface area contributed by atoms with Gasteiger partial charge in [0.1, 0.15) is 12.4 Å². The smallest absolute Gasteiger partial charge is 0.231 e. The summed E-state index contributed by atoms with van der Waals surface area (Å²) >= 11 is 1.73. The Morgan fingerprint density at radius 2 is 2.22 bits per heavy atom. The van der Waals surface area contributed by atoms with E-state index in [1.807, 2.05) is 24.3 Å². The van der Waals surface area contributed by atoms with Gasteiger partial charge in [-0.25, -0.2) is 0 Å². The van der Waals surface area contributed by atoms with Crippen LogP contribution in [-0.4, -0.2) is 32.4 Å². The van der Waals surface area contributed by atoms with Gasteiger partial charge in [0.25, 0.3) is 0 Å². The van der Waals surface area contributed by atoms with E-state index < -0.39 is 0 Å². The minimum Gasteiger partial charge on any atom is -0.492 e. The second-order valence-corrected chi connectivity index (χ2v) is 5.92. The summed E-state index contributed by atoms with van der Waals surface area (Å²) in [5.41, 5.74) is 5.82. The summed E-state index contributed by atoms with van der Waals surface area (Å²) in [5.74, 6) is 2.64. The maximum atomic E-state index is 5.82. The highest BCUT2D eigenvalue weighted by molar-refractivity contribution is 7.09. The normalized spacial score (nSPS) is 13.1. The first-order valence-electron chi connectivity index (χ1n) is 7.40. The molecule has 3 N–H and O–H groups in total. The van der Waals surface area contributed by atoms with Gasteiger partial charge in [-0.2, -0.15) is 0 Å². The van der Waals surface area contributed by atoms with E-state index in [0.29, 0.717) is 31.4 Å². The highest BCUT2D eigenvalue weighted by atomic mass is 32.1. The van der Waals surface area contributed by atoms with Crippen LogP contribution < -0.4 is 25.3 Å². The fourth-order valence-electron chi connectivity index (χ4n) is 2.11. The molecule has 0 bridgehead atoms. The Bertz CT molecular complexity index is 659. The van der Waals surface area contributed by atoms with Crippen LogP contribution >= 0.6 is 11.3 Å². The largest absolute Gasteiger partial charge is 0.492 e. The molecule has 0 aliphatic carbocycles. The number of fused-ring (bicyclic) bond motifs is 1. The lowest BCUT2D eigenvalue weighted by Gasteiger charge is -2.08. The minimum atomic E-state index is 0.263.